The van der Waals surface area contributed by atoms with Gasteiger partial charge in [0.05, 0.1) is 0 Å². The molecule has 13 heavy (non-hydrogen) atoms. The van der Waals surface area contributed by atoms with Crippen LogP contribution in [0, 0.1) is 5.82 Å². The molecule has 0 bridgehead atoms. The maximum atomic E-state index is 12.9. The molecule has 1 aliphatic heterocycles. The first-order chi connectivity index (χ1) is 6.29. The third kappa shape index (κ3) is 1.30. The van der Waals surface area contributed by atoms with Gasteiger partial charge < -0.3 is 5.11 Å². The van der Waals surface area contributed by atoms with Crippen LogP contribution in [0.3, 0.4) is 0 Å². The lowest BCUT2D eigenvalue weighted by Gasteiger charge is -2.03. The SMILES string of the molecule is Oc1c(F)ccc2c1N=CN=CC2. The largest absolute Gasteiger partial charge is 0.503 e. The molecule has 1 aromatic rings. The summed E-state index contributed by atoms with van der Waals surface area (Å²) in [4.78, 5) is 7.64. The van der Waals surface area contributed by atoms with Gasteiger partial charge in [0, 0.05) is 12.6 Å². The molecule has 2 rings (SSSR count). The van der Waals surface area contributed by atoms with Crippen molar-refractivity contribution in [1.82, 2.24) is 0 Å². The Hall–Kier alpha value is -1.71. The van der Waals surface area contributed by atoms with Crippen LogP contribution in [-0.2, 0) is 6.42 Å². The van der Waals surface area contributed by atoms with Gasteiger partial charge in [0.2, 0.25) is 0 Å². The molecule has 0 spiro atoms. The number of nitrogens with zero attached hydrogens (tertiary/aromatic N) is 2. The van der Waals surface area contributed by atoms with Crippen LogP contribution < -0.4 is 0 Å². The van der Waals surface area contributed by atoms with Crippen LogP contribution in [-0.4, -0.2) is 17.7 Å². The van der Waals surface area contributed by atoms with E-state index >= 15 is 0 Å². The molecule has 0 amide bonds. The number of halogens is 1. The fourth-order valence-corrected chi connectivity index (χ4v) is 1.19. The van der Waals surface area contributed by atoms with Crippen LogP contribution in [0.15, 0.2) is 22.1 Å². The van der Waals surface area contributed by atoms with Crippen molar-refractivity contribution in [3.8, 4) is 5.75 Å². The average molecular weight is 178 g/mol. The number of hydrogen-bond acceptors (Lipinski definition) is 3. The van der Waals surface area contributed by atoms with Crippen LogP contribution in [0.25, 0.3) is 0 Å². The molecule has 1 heterocycles. The fraction of sp³-hybridized carbons (Fsp3) is 0.111. The van der Waals surface area contributed by atoms with Crippen molar-refractivity contribution in [2.45, 2.75) is 6.42 Å². The Morgan fingerprint density at radius 1 is 1.38 bits per heavy atom. The van der Waals surface area contributed by atoms with E-state index in [0.29, 0.717) is 6.42 Å². The lowest BCUT2D eigenvalue weighted by molar-refractivity contribution is 0.433. The molecule has 1 N–H and O–H groups in total. The number of fused-ring (bicyclic) bond motifs is 1. The van der Waals surface area contributed by atoms with E-state index in [9.17, 15) is 9.50 Å². The second-order valence-corrected chi connectivity index (χ2v) is 2.68. The Morgan fingerprint density at radius 2 is 2.23 bits per heavy atom. The van der Waals surface area contributed by atoms with Gasteiger partial charge in [-0.3, -0.25) is 0 Å². The molecule has 3 nitrogen and oxygen atoms in total. The number of phenols is 1. The molecule has 0 aliphatic carbocycles. The molecule has 4 heteroatoms. The summed E-state index contributed by atoms with van der Waals surface area (Å²) in [6.07, 6.45) is 3.51. The molecule has 0 aromatic heterocycles. The van der Waals surface area contributed by atoms with Gasteiger partial charge in [0.1, 0.15) is 12.0 Å². The average Bonchev–Trinajstić information content (AvgIpc) is 2.36. The van der Waals surface area contributed by atoms with Gasteiger partial charge in [-0.25, -0.2) is 14.4 Å². The molecule has 66 valence electrons. The zero-order valence-electron chi connectivity index (χ0n) is 6.74. The minimum absolute atomic E-state index is 0.275. The maximum Gasteiger partial charge on any atom is 0.177 e. The summed E-state index contributed by atoms with van der Waals surface area (Å²) in [5.74, 6) is -1.06. The van der Waals surface area contributed by atoms with E-state index in [-0.39, 0.29) is 5.69 Å². The van der Waals surface area contributed by atoms with Crippen LogP contribution in [0.5, 0.6) is 5.75 Å². The Bertz CT molecular complexity index is 399. The van der Waals surface area contributed by atoms with E-state index in [1.54, 1.807) is 12.3 Å². The summed E-state index contributed by atoms with van der Waals surface area (Å²) < 4.78 is 12.9. The highest BCUT2D eigenvalue weighted by molar-refractivity contribution is 5.81. The summed E-state index contributed by atoms with van der Waals surface area (Å²) in [5, 5.41) is 9.32. The van der Waals surface area contributed by atoms with E-state index in [4.69, 9.17) is 0 Å². The Kier molecular flexibility index (Phi) is 1.81. The van der Waals surface area contributed by atoms with Gasteiger partial charge in [-0.2, -0.15) is 0 Å². The van der Waals surface area contributed by atoms with Gasteiger partial charge in [0.15, 0.2) is 11.6 Å². The summed E-state index contributed by atoms with van der Waals surface area (Å²) in [6.45, 7) is 0. The number of rotatable bonds is 0. The van der Waals surface area contributed by atoms with Crippen molar-refractivity contribution in [1.29, 1.82) is 0 Å². The number of aliphatic imine (C=N–C) groups is 2. The summed E-state index contributed by atoms with van der Waals surface area (Å²) in [6, 6.07) is 2.82. The number of aromatic hydroxyl groups is 1. The van der Waals surface area contributed by atoms with E-state index in [1.807, 2.05) is 0 Å². The standard InChI is InChI=1S/C9H7FN2O/c10-7-2-1-6-3-4-11-5-12-8(6)9(7)13/h1-2,4-5,13H,3H2. The Labute approximate surface area is 74.3 Å². The molecule has 0 saturated heterocycles. The molecule has 0 fully saturated rings. The maximum absolute atomic E-state index is 12.9. The first kappa shape index (κ1) is 7.91. The highest BCUT2D eigenvalue weighted by Gasteiger charge is 2.11. The Balaban J connectivity index is 2.63. The van der Waals surface area contributed by atoms with Crippen LogP contribution in [0.2, 0.25) is 0 Å². The zero-order chi connectivity index (χ0) is 9.26. The lowest BCUT2D eigenvalue weighted by atomic mass is 10.1. The van der Waals surface area contributed by atoms with Crippen LogP contribution in [0.1, 0.15) is 5.56 Å². The number of hydrogen-bond donors (Lipinski definition) is 1. The smallest absolute Gasteiger partial charge is 0.177 e. The predicted octanol–water partition coefficient (Wildman–Crippen LogP) is 1.82. The third-order valence-corrected chi connectivity index (χ3v) is 1.86. The molecule has 0 atom stereocenters. The zero-order valence-corrected chi connectivity index (χ0v) is 6.74. The van der Waals surface area contributed by atoms with Crippen molar-refractivity contribution in [3.63, 3.8) is 0 Å². The molecular weight excluding hydrogens is 171 g/mol. The molecule has 0 saturated carbocycles. The molecule has 0 radical (unpaired) electrons. The van der Waals surface area contributed by atoms with E-state index in [1.165, 1.54) is 12.4 Å². The first-order valence-electron chi connectivity index (χ1n) is 3.83. The fourth-order valence-electron chi connectivity index (χ4n) is 1.19. The number of benzene rings is 1. The van der Waals surface area contributed by atoms with Crippen LogP contribution >= 0.6 is 0 Å². The minimum atomic E-state index is -0.655. The second-order valence-electron chi connectivity index (χ2n) is 2.68. The minimum Gasteiger partial charge on any atom is -0.503 e. The third-order valence-electron chi connectivity index (χ3n) is 1.86. The normalized spacial score (nSPS) is 13.9. The number of phenolic OH excluding ortho intramolecular Hbond substituents is 1. The molecule has 0 unspecified atom stereocenters. The quantitative estimate of drug-likeness (QED) is 0.647. The molecule has 1 aliphatic rings. The second kappa shape index (κ2) is 2.97. The van der Waals surface area contributed by atoms with Crippen molar-refractivity contribution in [3.05, 3.63) is 23.5 Å². The highest BCUT2D eigenvalue weighted by Crippen LogP contribution is 2.33. The predicted molar refractivity (Wildman–Crippen MR) is 48.4 cm³/mol. The van der Waals surface area contributed by atoms with Crippen molar-refractivity contribution < 1.29 is 9.50 Å². The van der Waals surface area contributed by atoms with Gasteiger partial charge in [-0.15, -0.1) is 0 Å². The summed E-state index contributed by atoms with van der Waals surface area (Å²) in [5.41, 5.74) is 1.05. The van der Waals surface area contributed by atoms with Gasteiger partial charge in [0.25, 0.3) is 0 Å². The first-order valence-corrected chi connectivity index (χ1v) is 3.83. The van der Waals surface area contributed by atoms with Crippen LogP contribution in [0.4, 0.5) is 10.1 Å². The van der Waals surface area contributed by atoms with Gasteiger partial charge in [-0.1, -0.05) is 6.07 Å². The van der Waals surface area contributed by atoms with E-state index in [2.05, 4.69) is 9.98 Å². The lowest BCUT2D eigenvalue weighted by Crippen LogP contribution is -1.87. The summed E-state index contributed by atoms with van der Waals surface area (Å²) >= 11 is 0. The molecular formula is C9H7FN2O. The monoisotopic (exact) mass is 178 g/mol. The highest BCUT2D eigenvalue weighted by atomic mass is 19.1. The summed E-state index contributed by atoms with van der Waals surface area (Å²) in [7, 11) is 0. The van der Waals surface area contributed by atoms with Crippen molar-refractivity contribution >= 4 is 18.2 Å². The van der Waals surface area contributed by atoms with Crippen molar-refractivity contribution in [2.24, 2.45) is 9.98 Å². The van der Waals surface area contributed by atoms with Gasteiger partial charge >= 0.3 is 0 Å². The van der Waals surface area contributed by atoms with Crippen molar-refractivity contribution in [2.75, 3.05) is 0 Å². The molecule has 1 aromatic carbocycles. The van der Waals surface area contributed by atoms with E-state index in [0.717, 1.165) is 5.56 Å². The van der Waals surface area contributed by atoms with E-state index < -0.39 is 11.6 Å². The topological polar surface area (TPSA) is 45.0 Å². The van der Waals surface area contributed by atoms with Gasteiger partial charge in [-0.05, 0) is 11.6 Å². The Morgan fingerprint density at radius 3 is 3.08 bits per heavy atom.